The summed E-state index contributed by atoms with van der Waals surface area (Å²) >= 11 is 0. The molecule has 1 fully saturated rings. The number of aryl methyl sites for hydroxylation is 1. The Morgan fingerprint density at radius 1 is 1.19 bits per heavy atom. The third-order valence-electron chi connectivity index (χ3n) is 10.2. The summed E-state index contributed by atoms with van der Waals surface area (Å²) in [6.07, 6.45) is 8.47. The number of carbonyl (C=O) groups is 1. The molecule has 2 aromatic rings. The second kappa shape index (κ2) is 12.9. The standard InChI is InChI=1S/C35H46N2O5S/c1-4-7-12-27(6-3)43(40,41)33-19-16-24-11-8-9-13-29(24)35(33)22-37(21-26-14-17-28(26)31(38)10-5-2)30-20-25(34(36)39)15-18-32(30)42-23-35/h4-5,8-9,11,13,15,18,20,26-28,31,33,38H,1-2,6-7,10,12,14,16-17,19,21-23H2,3H3,(H2,36,39)/t26-,27+,28+,31-,33?,35?/m0/s1. The number of hydrogen-bond donors (Lipinski definition) is 2. The Morgan fingerprint density at radius 2 is 1.98 bits per heavy atom. The van der Waals surface area contributed by atoms with E-state index in [0.29, 0.717) is 62.9 Å². The predicted octanol–water partition coefficient (Wildman–Crippen LogP) is 5.36. The van der Waals surface area contributed by atoms with Crippen molar-refractivity contribution < 1.29 is 23.1 Å². The van der Waals surface area contributed by atoms with Crippen molar-refractivity contribution in [2.75, 3.05) is 24.6 Å². The molecule has 1 amide bonds. The number of anilines is 1. The summed E-state index contributed by atoms with van der Waals surface area (Å²) < 4.78 is 35.9. The molecule has 1 saturated carbocycles. The number of hydrogen-bond acceptors (Lipinski definition) is 6. The molecule has 1 aliphatic heterocycles. The lowest BCUT2D eigenvalue weighted by Crippen LogP contribution is -2.59. The van der Waals surface area contributed by atoms with Gasteiger partial charge < -0.3 is 20.5 Å². The number of aliphatic hydroxyl groups is 1. The van der Waals surface area contributed by atoms with Gasteiger partial charge in [-0.2, -0.15) is 0 Å². The Labute approximate surface area is 256 Å². The summed E-state index contributed by atoms with van der Waals surface area (Å²) in [5, 5.41) is 9.75. The Balaban J connectivity index is 1.63. The Hall–Kier alpha value is -3.10. The first kappa shape index (κ1) is 31.3. The van der Waals surface area contributed by atoms with Gasteiger partial charge in [-0.25, -0.2) is 8.42 Å². The molecule has 0 aromatic heterocycles. The van der Waals surface area contributed by atoms with Crippen LogP contribution in [0.1, 0.15) is 73.4 Å². The number of nitrogens with two attached hydrogens (primary N) is 1. The van der Waals surface area contributed by atoms with E-state index in [2.05, 4.69) is 30.2 Å². The lowest BCUT2D eigenvalue weighted by Gasteiger charge is -2.48. The van der Waals surface area contributed by atoms with Crippen LogP contribution in [0, 0.1) is 11.8 Å². The zero-order chi connectivity index (χ0) is 30.8. The van der Waals surface area contributed by atoms with Crippen LogP contribution in [-0.4, -0.2) is 55.7 Å². The maximum absolute atomic E-state index is 14.6. The van der Waals surface area contributed by atoms with Crippen molar-refractivity contribution in [3.8, 4) is 5.75 Å². The molecule has 0 radical (unpaired) electrons. The fourth-order valence-electron chi connectivity index (χ4n) is 7.77. The molecule has 2 unspecified atom stereocenters. The molecule has 2 aliphatic carbocycles. The largest absolute Gasteiger partial charge is 0.490 e. The number of sulfone groups is 1. The molecular formula is C35H46N2O5S. The molecule has 7 nitrogen and oxygen atoms in total. The lowest BCUT2D eigenvalue weighted by atomic mass is 9.68. The number of primary amides is 1. The van der Waals surface area contributed by atoms with E-state index >= 15 is 0 Å². The van der Waals surface area contributed by atoms with E-state index in [1.54, 1.807) is 30.4 Å². The van der Waals surface area contributed by atoms with Gasteiger partial charge in [-0.05, 0) is 92.5 Å². The monoisotopic (exact) mass is 606 g/mol. The minimum atomic E-state index is -3.58. The number of fused-ring (bicyclic) bond motifs is 3. The van der Waals surface area contributed by atoms with E-state index < -0.39 is 37.8 Å². The highest BCUT2D eigenvalue weighted by atomic mass is 32.2. The van der Waals surface area contributed by atoms with Crippen LogP contribution in [0.25, 0.3) is 0 Å². The summed E-state index contributed by atoms with van der Waals surface area (Å²) in [7, 11) is -3.58. The highest BCUT2D eigenvalue weighted by Crippen LogP contribution is 2.49. The molecule has 0 saturated heterocycles. The van der Waals surface area contributed by atoms with Gasteiger partial charge in [-0.15, -0.1) is 13.2 Å². The van der Waals surface area contributed by atoms with E-state index in [4.69, 9.17) is 10.5 Å². The normalized spacial score (nSPS) is 26.2. The van der Waals surface area contributed by atoms with Crippen LogP contribution in [-0.2, 0) is 21.7 Å². The Kier molecular flexibility index (Phi) is 9.37. The van der Waals surface area contributed by atoms with Crippen LogP contribution in [0.3, 0.4) is 0 Å². The number of allylic oxidation sites excluding steroid dienone is 1. The minimum Gasteiger partial charge on any atom is -0.490 e. The third kappa shape index (κ3) is 5.88. The van der Waals surface area contributed by atoms with E-state index in [0.717, 1.165) is 29.7 Å². The van der Waals surface area contributed by atoms with Gasteiger partial charge in [0.1, 0.15) is 12.4 Å². The molecule has 6 atom stereocenters. The van der Waals surface area contributed by atoms with Gasteiger partial charge in [0.05, 0.1) is 27.7 Å². The first-order valence-electron chi connectivity index (χ1n) is 15.7. The van der Waals surface area contributed by atoms with Gasteiger partial charge in [-0.1, -0.05) is 43.3 Å². The van der Waals surface area contributed by atoms with Crippen LogP contribution >= 0.6 is 0 Å². The zero-order valence-corrected chi connectivity index (χ0v) is 26.1. The van der Waals surface area contributed by atoms with Crippen LogP contribution < -0.4 is 15.4 Å². The average molecular weight is 607 g/mol. The molecule has 3 aliphatic rings. The second-order valence-corrected chi connectivity index (χ2v) is 15.0. The van der Waals surface area contributed by atoms with Gasteiger partial charge in [0.15, 0.2) is 9.84 Å². The molecule has 0 bridgehead atoms. The van der Waals surface area contributed by atoms with E-state index in [1.165, 1.54) is 0 Å². The quantitative estimate of drug-likeness (QED) is 0.315. The summed E-state index contributed by atoms with van der Waals surface area (Å²) in [5.74, 6) is 0.422. The maximum atomic E-state index is 14.6. The SMILES string of the molecule is C=CCC[C@@H](CC)S(=O)(=O)C1CCc2ccccc2C12COc1ccc(C(N)=O)cc1N(C[C@@H]1CC[C@H]1[C@@H](O)CC=C)C2. The Morgan fingerprint density at radius 3 is 2.65 bits per heavy atom. The summed E-state index contributed by atoms with van der Waals surface area (Å²) in [6.45, 7) is 10.8. The number of ether oxygens (including phenoxy) is 1. The fourth-order valence-corrected chi connectivity index (χ4v) is 10.5. The first-order valence-corrected chi connectivity index (χ1v) is 17.3. The van der Waals surface area contributed by atoms with Crippen LogP contribution in [0.5, 0.6) is 5.75 Å². The van der Waals surface area contributed by atoms with Crippen molar-refractivity contribution in [1.29, 1.82) is 0 Å². The van der Waals surface area contributed by atoms with Crippen molar-refractivity contribution in [2.45, 2.75) is 80.3 Å². The van der Waals surface area contributed by atoms with Crippen molar-refractivity contribution in [3.63, 3.8) is 0 Å². The van der Waals surface area contributed by atoms with Crippen LogP contribution in [0.15, 0.2) is 67.8 Å². The van der Waals surface area contributed by atoms with Crippen molar-refractivity contribution in [1.82, 2.24) is 0 Å². The van der Waals surface area contributed by atoms with Gasteiger partial charge in [0, 0.05) is 18.7 Å². The highest BCUT2D eigenvalue weighted by Gasteiger charge is 2.55. The first-order chi connectivity index (χ1) is 20.7. The lowest BCUT2D eigenvalue weighted by molar-refractivity contribution is 0.0178. The topological polar surface area (TPSA) is 110 Å². The summed E-state index contributed by atoms with van der Waals surface area (Å²) in [5.41, 5.74) is 8.18. The zero-order valence-electron chi connectivity index (χ0n) is 25.3. The molecule has 1 spiro atoms. The average Bonchev–Trinajstić information content (AvgIpc) is 3.13. The van der Waals surface area contributed by atoms with Crippen molar-refractivity contribution in [3.05, 3.63) is 84.5 Å². The molecule has 2 aromatic carbocycles. The fraction of sp³-hybridized carbons (Fsp3) is 0.514. The highest BCUT2D eigenvalue weighted by molar-refractivity contribution is 7.92. The van der Waals surface area contributed by atoms with E-state index in [-0.39, 0.29) is 18.4 Å². The number of aliphatic hydroxyl groups excluding tert-OH is 1. The van der Waals surface area contributed by atoms with Crippen LogP contribution in [0.4, 0.5) is 5.69 Å². The molecule has 8 heteroatoms. The molecular weight excluding hydrogens is 560 g/mol. The van der Waals surface area contributed by atoms with E-state index in [1.807, 2.05) is 19.1 Å². The number of benzene rings is 2. The Bertz CT molecular complexity index is 1460. The van der Waals surface area contributed by atoms with E-state index in [9.17, 15) is 18.3 Å². The van der Waals surface area contributed by atoms with Gasteiger partial charge in [-0.3, -0.25) is 4.79 Å². The number of rotatable bonds is 12. The van der Waals surface area contributed by atoms with Crippen LogP contribution in [0.2, 0.25) is 0 Å². The number of carbonyl (C=O) groups excluding carboxylic acids is 1. The minimum absolute atomic E-state index is 0.127. The molecule has 232 valence electrons. The number of nitrogens with zero attached hydrogens (tertiary/aromatic N) is 1. The third-order valence-corrected chi connectivity index (χ3v) is 13.2. The maximum Gasteiger partial charge on any atom is 0.248 e. The van der Waals surface area contributed by atoms with Crippen molar-refractivity contribution in [2.24, 2.45) is 17.6 Å². The van der Waals surface area contributed by atoms with Gasteiger partial charge >= 0.3 is 0 Å². The molecule has 3 N–H and O–H groups in total. The molecule has 43 heavy (non-hydrogen) atoms. The molecule has 5 rings (SSSR count). The van der Waals surface area contributed by atoms with Crippen molar-refractivity contribution >= 4 is 21.4 Å². The summed E-state index contributed by atoms with van der Waals surface area (Å²) in [4.78, 5) is 14.5. The van der Waals surface area contributed by atoms with Gasteiger partial charge in [0.2, 0.25) is 5.91 Å². The second-order valence-electron chi connectivity index (χ2n) is 12.6. The summed E-state index contributed by atoms with van der Waals surface area (Å²) in [6, 6.07) is 13.4. The predicted molar refractivity (Wildman–Crippen MR) is 172 cm³/mol. The molecule has 1 heterocycles. The number of amides is 1. The smallest absolute Gasteiger partial charge is 0.248 e. The van der Waals surface area contributed by atoms with Gasteiger partial charge in [0.25, 0.3) is 0 Å².